The summed E-state index contributed by atoms with van der Waals surface area (Å²) in [7, 11) is 0. The van der Waals surface area contributed by atoms with Crippen LogP contribution in [0.2, 0.25) is 0 Å². The Balaban J connectivity index is 1.95. The lowest BCUT2D eigenvalue weighted by Crippen LogP contribution is -2.39. The van der Waals surface area contributed by atoms with Crippen LogP contribution in [-0.4, -0.2) is 10.9 Å². The molecule has 1 aliphatic rings. The highest BCUT2D eigenvalue weighted by molar-refractivity contribution is 6.07. The number of hydrogen-bond donors (Lipinski definition) is 2. The van der Waals surface area contributed by atoms with E-state index in [0.717, 1.165) is 5.56 Å². The maximum atomic E-state index is 12.3. The molecule has 116 valence electrons. The standard InChI is InChI=1S/C20H19NO2/c1-2-12-20(23)17-11-7-6-10-16(17)18(22)13-19(20)21-14-15-8-4-3-5-9-15/h2-11,13,21,23H,1,12,14H2. The van der Waals surface area contributed by atoms with Crippen molar-refractivity contribution >= 4 is 5.78 Å². The number of aliphatic hydroxyl groups is 1. The normalized spacial score (nSPS) is 19.7. The van der Waals surface area contributed by atoms with E-state index in [1.165, 1.54) is 6.08 Å². The summed E-state index contributed by atoms with van der Waals surface area (Å²) < 4.78 is 0. The Kier molecular flexibility index (Phi) is 4.13. The molecule has 0 saturated heterocycles. The van der Waals surface area contributed by atoms with E-state index < -0.39 is 5.60 Å². The third kappa shape index (κ3) is 2.83. The van der Waals surface area contributed by atoms with Gasteiger partial charge in [0.15, 0.2) is 5.78 Å². The number of fused-ring (bicyclic) bond motifs is 1. The van der Waals surface area contributed by atoms with Crippen LogP contribution in [0.3, 0.4) is 0 Å². The second kappa shape index (κ2) is 6.23. The molecule has 1 unspecified atom stereocenters. The molecule has 3 rings (SSSR count). The summed E-state index contributed by atoms with van der Waals surface area (Å²) in [5, 5.41) is 14.5. The van der Waals surface area contributed by atoms with Gasteiger partial charge in [0.25, 0.3) is 0 Å². The van der Waals surface area contributed by atoms with Gasteiger partial charge in [-0.15, -0.1) is 6.58 Å². The number of carbonyl (C=O) groups excluding carboxylic acids is 1. The van der Waals surface area contributed by atoms with Crippen LogP contribution in [0.1, 0.15) is 27.9 Å². The van der Waals surface area contributed by atoms with Crippen LogP contribution in [0.5, 0.6) is 0 Å². The molecule has 0 aromatic heterocycles. The molecule has 0 bridgehead atoms. The Bertz CT molecular complexity index is 764. The van der Waals surface area contributed by atoms with Crippen LogP contribution in [0.25, 0.3) is 0 Å². The molecule has 0 spiro atoms. The second-order valence-corrected chi connectivity index (χ2v) is 5.66. The topological polar surface area (TPSA) is 49.3 Å². The molecule has 0 radical (unpaired) electrons. The third-order valence-corrected chi connectivity index (χ3v) is 4.12. The molecular weight excluding hydrogens is 286 g/mol. The smallest absolute Gasteiger partial charge is 0.188 e. The molecule has 1 atom stereocenters. The zero-order chi connectivity index (χ0) is 16.3. The average molecular weight is 305 g/mol. The highest BCUT2D eigenvalue weighted by Gasteiger charge is 2.39. The Labute approximate surface area is 136 Å². The first-order chi connectivity index (χ1) is 11.1. The van der Waals surface area contributed by atoms with Crippen LogP contribution < -0.4 is 5.32 Å². The summed E-state index contributed by atoms with van der Waals surface area (Å²) in [5.74, 6) is -0.0927. The molecule has 1 aliphatic carbocycles. The van der Waals surface area contributed by atoms with Crippen molar-refractivity contribution in [3.8, 4) is 0 Å². The number of allylic oxidation sites excluding steroid dienone is 1. The van der Waals surface area contributed by atoms with Crippen LogP contribution >= 0.6 is 0 Å². The number of rotatable bonds is 5. The van der Waals surface area contributed by atoms with E-state index in [9.17, 15) is 9.90 Å². The highest BCUT2D eigenvalue weighted by atomic mass is 16.3. The Morgan fingerprint density at radius 2 is 1.78 bits per heavy atom. The van der Waals surface area contributed by atoms with Gasteiger partial charge in [-0.2, -0.15) is 0 Å². The number of hydrogen-bond acceptors (Lipinski definition) is 3. The minimum atomic E-state index is -1.25. The molecule has 3 heteroatoms. The van der Waals surface area contributed by atoms with Gasteiger partial charge >= 0.3 is 0 Å². The average Bonchev–Trinajstić information content (AvgIpc) is 2.58. The third-order valence-electron chi connectivity index (χ3n) is 4.12. The second-order valence-electron chi connectivity index (χ2n) is 5.66. The van der Waals surface area contributed by atoms with Gasteiger partial charge in [0, 0.05) is 30.2 Å². The van der Waals surface area contributed by atoms with E-state index in [0.29, 0.717) is 29.8 Å². The lowest BCUT2D eigenvalue weighted by molar-refractivity contribution is 0.0652. The maximum Gasteiger partial charge on any atom is 0.188 e. The van der Waals surface area contributed by atoms with Crippen molar-refractivity contribution < 1.29 is 9.90 Å². The van der Waals surface area contributed by atoms with E-state index in [-0.39, 0.29) is 5.78 Å². The van der Waals surface area contributed by atoms with Gasteiger partial charge in [-0.25, -0.2) is 0 Å². The lowest BCUT2D eigenvalue weighted by Gasteiger charge is -2.35. The van der Waals surface area contributed by atoms with Crippen LogP contribution in [0.15, 0.2) is 79.0 Å². The fraction of sp³-hybridized carbons (Fsp3) is 0.150. The van der Waals surface area contributed by atoms with Crippen molar-refractivity contribution in [2.45, 2.75) is 18.6 Å². The van der Waals surface area contributed by atoms with Crippen molar-refractivity contribution in [2.75, 3.05) is 0 Å². The minimum absolute atomic E-state index is 0.0927. The monoisotopic (exact) mass is 305 g/mol. The summed E-state index contributed by atoms with van der Waals surface area (Å²) in [4.78, 5) is 12.3. The van der Waals surface area contributed by atoms with Crippen LogP contribution in [-0.2, 0) is 12.1 Å². The Hall–Kier alpha value is -2.65. The summed E-state index contributed by atoms with van der Waals surface area (Å²) >= 11 is 0. The van der Waals surface area contributed by atoms with E-state index >= 15 is 0 Å². The summed E-state index contributed by atoms with van der Waals surface area (Å²) in [6, 6.07) is 17.1. The van der Waals surface area contributed by atoms with Crippen LogP contribution in [0.4, 0.5) is 0 Å². The van der Waals surface area contributed by atoms with Crippen molar-refractivity contribution in [1.29, 1.82) is 0 Å². The predicted octanol–water partition coefficient (Wildman–Crippen LogP) is 3.32. The zero-order valence-electron chi connectivity index (χ0n) is 12.8. The van der Waals surface area contributed by atoms with Crippen molar-refractivity contribution in [1.82, 2.24) is 5.32 Å². The fourth-order valence-corrected chi connectivity index (χ4v) is 2.95. The van der Waals surface area contributed by atoms with E-state index in [1.807, 2.05) is 36.4 Å². The molecule has 0 amide bonds. The van der Waals surface area contributed by atoms with Crippen molar-refractivity contribution in [3.63, 3.8) is 0 Å². The molecule has 0 aliphatic heterocycles. The molecule has 0 heterocycles. The maximum absolute atomic E-state index is 12.3. The molecule has 2 aromatic carbocycles. The number of carbonyl (C=O) groups is 1. The van der Waals surface area contributed by atoms with Gasteiger partial charge in [-0.1, -0.05) is 60.7 Å². The fourth-order valence-electron chi connectivity index (χ4n) is 2.95. The number of ketones is 1. The number of benzene rings is 2. The zero-order valence-corrected chi connectivity index (χ0v) is 12.8. The molecule has 2 aromatic rings. The molecule has 0 fully saturated rings. The SMILES string of the molecule is C=CCC1(O)C(NCc2ccccc2)=CC(=O)c2ccccc21. The quantitative estimate of drug-likeness (QED) is 0.833. The number of nitrogens with one attached hydrogen (secondary N) is 1. The van der Waals surface area contributed by atoms with Gasteiger partial charge < -0.3 is 10.4 Å². The van der Waals surface area contributed by atoms with E-state index in [2.05, 4.69) is 11.9 Å². The first-order valence-electron chi connectivity index (χ1n) is 7.62. The molecule has 0 saturated carbocycles. The molecule has 2 N–H and O–H groups in total. The van der Waals surface area contributed by atoms with Gasteiger partial charge in [-0.3, -0.25) is 4.79 Å². The summed E-state index contributed by atoms with van der Waals surface area (Å²) in [5.41, 5.74) is 1.52. The van der Waals surface area contributed by atoms with Crippen molar-refractivity contribution in [2.24, 2.45) is 0 Å². The molecule has 23 heavy (non-hydrogen) atoms. The summed E-state index contributed by atoms with van der Waals surface area (Å²) in [6.07, 6.45) is 3.50. The summed E-state index contributed by atoms with van der Waals surface area (Å²) in [6.45, 7) is 4.29. The molecule has 3 nitrogen and oxygen atoms in total. The van der Waals surface area contributed by atoms with E-state index in [4.69, 9.17) is 0 Å². The largest absolute Gasteiger partial charge is 0.382 e. The van der Waals surface area contributed by atoms with Gasteiger partial charge in [0.1, 0.15) is 5.60 Å². The highest BCUT2D eigenvalue weighted by Crippen LogP contribution is 2.38. The lowest BCUT2D eigenvalue weighted by atomic mass is 9.78. The Morgan fingerprint density at radius 3 is 2.52 bits per heavy atom. The van der Waals surface area contributed by atoms with Gasteiger partial charge in [-0.05, 0) is 5.56 Å². The van der Waals surface area contributed by atoms with E-state index in [1.54, 1.807) is 24.3 Å². The predicted molar refractivity (Wildman–Crippen MR) is 90.8 cm³/mol. The minimum Gasteiger partial charge on any atom is -0.382 e. The van der Waals surface area contributed by atoms with Gasteiger partial charge in [0.2, 0.25) is 0 Å². The molecular formula is C20H19NO2. The van der Waals surface area contributed by atoms with Crippen LogP contribution in [0, 0.1) is 0 Å². The van der Waals surface area contributed by atoms with Crippen molar-refractivity contribution in [3.05, 3.63) is 95.7 Å². The Morgan fingerprint density at radius 1 is 1.09 bits per heavy atom. The van der Waals surface area contributed by atoms with Gasteiger partial charge in [0.05, 0.1) is 5.70 Å². The first kappa shape index (κ1) is 15.3. The first-order valence-corrected chi connectivity index (χ1v) is 7.62.